The lowest BCUT2D eigenvalue weighted by atomic mass is 10.3. The molecule has 0 unspecified atom stereocenters. The summed E-state index contributed by atoms with van der Waals surface area (Å²) in [7, 11) is 0. The molecule has 1 aromatic carbocycles. The SMILES string of the molecule is CCOP(=S)(OCC)SCC(=O)NC(=O)Nc1ccccc1. The van der Waals surface area contributed by atoms with Gasteiger partial charge in [0.05, 0.1) is 19.0 Å². The predicted molar refractivity (Wildman–Crippen MR) is 93.6 cm³/mol. The number of amides is 3. The van der Waals surface area contributed by atoms with E-state index < -0.39 is 17.6 Å². The molecule has 0 saturated heterocycles. The van der Waals surface area contributed by atoms with E-state index in [9.17, 15) is 9.59 Å². The van der Waals surface area contributed by atoms with Crippen molar-refractivity contribution in [3.63, 3.8) is 0 Å². The van der Waals surface area contributed by atoms with E-state index >= 15 is 0 Å². The van der Waals surface area contributed by atoms with Gasteiger partial charge in [-0.25, -0.2) is 4.79 Å². The topological polar surface area (TPSA) is 76.7 Å². The molecule has 0 aliphatic carbocycles. The monoisotopic (exact) mass is 362 g/mol. The maximum absolute atomic E-state index is 11.8. The minimum atomic E-state index is -2.53. The maximum atomic E-state index is 11.8. The van der Waals surface area contributed by atoms with E-state index in [4.69, 9.17) is 20.9 Å². The second-order valence-electron chi connectivity index (χ2n) is 3.92. The minimum Gasteiger partial charge on any atom is -0.322 e. The lowest BCUT2D eigenvalue weighted by Crippen LogP contribution is -2.35. The molecule has 0 aromatic heterocycles. The zero-order chi connectivity index (χ0) is 16.4. The summed E-state index contributed by atoms with van der Waals surface area (Å²) in [4.78, 5) is 23.4. The normalized spacial score (nSPS) is 11.0. The summed E-state index contributed by atoms with van der Waals surface area (Å²) in [5.74, 6) is -0.452. The summed E-state index contributed by atoms with van der Waals surface area (Å²) in [5.41, 5.74) is -1.92. The van der Waals surface area contributed by atoms with Crippen molar-refractivity contribution in [2.75, 3.05) is 24.3 Å². The summed E-state index contributed by atoms with van der Waals surface area (Å²) in [6.07, 6.45) is 0. The van der Waals surface area contributed by atoms with Crippen LogP contribution in [0.1, 0.15) is 13.8 Å². The molecule has 0 aliphatic heterocycles. The number of hydrogen-bond donors (Lipinski definition) is 2. The molecule has 2 N–H and O–H groups in total. The highest BCUT2D eigenvalue weighted by molar-refractivity contribution is 8.68. The Bertz CT molecular complexity index is 532. The van der Waals surface area contributed by atoms with E-state index in [1.807, 2.05) is 19.9 Å². The molecule has 3 amide bonds. The van der Waals surface area contributed by atoms with Crippen molar-refractivity contribution in [2.24, 2.45) is 0 Å². The van der Waals surface area contributed by atoms with Crippen molar-refractivity contribution in [1.29, 1.82) is 0 Å². The largest absolute Gasteiger partial charge is 0.325 e. The Morgan fingerprint density at radius 2 is 1.77 bits per heavy atom. The number of carbonyl (C=O) groups excluding carboxylic acids is 2. The number of rotatable bonds is 8. The lowest BCUT2D eigenvalue weighted by molar-refractivity contribution is -0.117. The Kier molecular flexibility index (Phi) is 8.67. The van der Waals surface area contributed by atoms with E-state index in [0.717, 1.165) is 11.4 Å². The van der Waals surface area contributed by atoms with Crippen LogP contribution in [-0.2, 0) is 25.6 Å². The van der Waals surface area contributed by atoms with Gasteiger partial charge >= 0.3 is 6.03 Å². The first-order chi connectivity index (χ1) is 10.5. The summed E-state index contributed by atoms with van der Waals surface area (Å²) in [5, 5.41) is 4.80. The van der Waals surface area contributed by atoms with Crippen LogP contribution in [0.2, 0.25) is 0 Å². The summed E-state index contributed by atoms with van der Waals surface area (Å²) in [6, 6.07) is 8.27. The molecular formula is C13H19N2O4PS2. The van der Waals surface area contributed by atoms with Gasteiger partial charge in [0.2, 0.25) is 11.6 Å². The Morgan fingerprint density at radius 3 is 2.32 bits per heavy atom. The number of benzene rings is 1. The van der Waals surface area contributed by atoms with E-state index in [-0.39, 0.29) is 5.75 Å². The second-order valence-corrected chi connectivity index (χ2v) is 10.2. The van der Waals surface area contributed by atoms with Crippen LogP contribution in [0.3, 0.4) is 0 Å². The predicted octanol–water partition coefficient (Wildman–Crippen LogP) is 3.37. The number of nitrogens with one attached hydrogen (secondary N) is 2. The van der Waals surface area contributed by atoms with Crippen molar-refractivity contribution in [2.45, 2.75) is 13.8 Å². The van der Waals surface area contributed by atoms with E-state index in [1.54, 1.807) is 24.3 Å². The zero-order valence-electron chi connectivity index (χ0n) is 12.4. The molecule has 0 atom stereocenters. The quantitative estimate of drug-likeness (QED) is 0.691. The molecule has 0 radical (unpaired) electrons. The number of para-hydroxylation sites is 1. The van der Waals surface area contributed by atoms with Crippen LogP contribution < -0.4 is 10.6 Å². The lowest BCUT2D eigenvalue weighted by Gasteiger charge is -2.19. The van der Waals surface area contributed by atoms with Crippen LogP contribution >= 0.6 is 17.1 Å². The van der Waals surface area contributed by atoms with Gasteiger partial charge in [-0.2, -0.15) is 0 Å². The van der Waals surface area contributed by atoms with Gasteiger partial charge in [-0.15, -0.1) is 0 Å². The first kappa shape index (κ1) is 19.1. The number of hydrogen-bond acceptors (Lipinski definition) is 6. The van der Waals surface area contributed by atoms with Crippen LogP contribution in [0, 0.1) is 0 Å². The number of anilines is 1. The number of carbonyl (C=O) groups is 2. The van der Waals surface area contributed by atoms with Crippen molar-refractivity contribution >= 4 is 46.5 Å². The standard InChI is InChI=1S/C13H19N2O4PS2/c1-3-18-20(21,19-4-2)22-10-12(16)15-13(17)14-11-8-6-5-7-9-11/h5-9H,3-4,10H2,1-2H3,(H2,14,15,16,17). The van der Waals surface area contributed by atoms with Crippen molar-refractivity contribution in [3.05, 3.63) is 30.3 Å². The van der Waals surface area contributed by atoms with E-state index in [2.05, 4.69) is 10.6 Å². The molecule has 0 fully saturated rings. The highest BCUT2D eigenvalue weighted by Crippen LogP contribution is 2.60. The molecule has 122 valence electrons. The molecule has 1 aromatic rings. The molecular weight excluding hydrogens is 343 g/mol. The molecule has 0 spiro atoms. The Labute approximate surface area is 139 Å². The average Bonchev–Trinajstić information content (AvgIpc) is 2.47. The molecule has 0 saturated carbocycles. The van der Waals surface area contributed by atoms with Gasteiger partial charge < -0.3 is 14.4 Å². The third-order valence-electron chi connectivity index (χ3n) is 2.21. The highest BCUT2D eigenvalue weighted by Gasteiger charge is 2.21. The molecule has 0 bridgehead atoms. The van der Waals surface area contributed by atoms with Crippen LogP contribution in [0.15, 0.2) is 30.3 Å². The number of urea groups is 1. The Morgan fingerprint density at radius 1 is 1.18 bits per heavy atom. The van der Waals surface area contributed by atoms with Crippen LogP contribution in [-0.4, -0.2) is 30.9 Å². The van der Waals surface area contributed by atoms with Crippen LogP contribution in [0.5, 0.6) is 0 Å². The molecule has 9 heteroatoms. The molecule has 22 heavy (non-hydrogen) atoms. The van der Waals surface area contributed by atoms with Crippen LogP contribution in [0.25, 0.3) is 0 Å². The van der Waals surface area contributed by atoms with Crippen molar-refractivity contribution < 1.29 is 18.6 Å². The van der Waals surface area contributed by atoms with Gasteiger partial charge in [0.15, 0.2) is 0 Å². The smallest absolute Gasteiger partial charge is 0.322 e. The van der Waals surface area contributed by atoms with Crippen molar-refractivity contribution in [3.8, 4) is 0 Å². The fraction of sp³-hybridized carbons (Fsp3) is 0.385. The first-order valence-corrected chi connectivity index (χ1v) is 10.9. The summed E-state index contributed by atoms with van der Waals surface area (Å²) in [6.45, 7) is 4.46. The van der Waals surface area contributed by atoms with Crippen LogP contribution in [0.4, 0.5) is 10.5 Å². The summed E-state index contributed by atoms with van der Waals surface area (Å²) >= 11 is 6.41. The molecule has 0 heterocycles. The Hall–Kier alpha value is -0.920. The second kappa shape index (κ2) is 9.97. The van der Waals surface area contributed by atoms with E-state index in [0.29, 0.717) is 18.9 Å². The van der Waals surface area contributed by atoms with Gasteiger partial charge in [-0.1, -0.05) is 29.6 Å². The molecule has 6 nitrogen and oxygen atoms in total. The Balaban J connectivity index is 2.42. The first-order valence-electron chi connectivity index (χ1n) is 6.68. The minimum absolute atomic E-state index is 0.000508. The fourth-order valence-electron chi connectivity index (χ4n) is 1.41. The third-order valence-corrected chi connectivity index (χ3v) is 7.62. The average molecular weight is 362 g/mol. The highest BCUT2D eigenvalue weighted by atomic mass is 32.9. The van der Waals surface area contributed by atoms with Crippen molar-refractivity contribution in [1.82, 2.24) is 5.32 Å². The zero-order valence-corrected chi connectivity index (χ0v) is 14.9. The maximum Gasteiger partial charge on any atom is 0.325 e. The van der Waals surface area contributed by atoms with E-state index in [1.165, 1.54) is 0 Å². The molecule has 0 aliphatic rings. The van der Waals surface area contributed by atoms with Gasteiger partial charge in [-0.05, 0) is 37.8 Å². The third kappa shape index (κ3) is 7.38. The molecule has 1 rings (SSSR count). The van der Waals surface area contributed by atoms with Gasteiger partial charge in [0, 0.05) is 5.69 Å². The van der Waals surface area contributed by atoms with Gasteiger partial charge in [-0.3, -0.25) is 10.1 Å². The number of imide groups is 1. The van der Waals surface area contributed by atoms with Gasteiger partial charge in [0.1, 0.15) is 0 Å². The fourth-order valence-corrected chi connectivity index (χ4v) is 5.63. The van der Waals surface area contributed by atoms with Gasteiger partial charge in [0.25, 0.3) is 0 Å². The summed E-state index contributed by atoms with van der Waals surface area (Å²) < 4.78 is 10.8.